The fourth-order valence-electron chi connectivity index (χ4n) is 2.46. The van der Waals surface area contributed by atoms with Crippen molar-refractivity contribution in [3.8, 4) is 0 Å². The number of unbranched alkanes of at least 4 members (excludes halogenated alkanes) is 1. The highest BCUT2D eigenvalue weighted by molar-refractivity contribution is 6.30. The number of benzene rings is 1. The quantitative estimate of drug-likeness (QED) is 0.702. The lowest BCUT2D eigenvalue weighted by molar-refractivity contribution is 0.237. The van der Waals surface area contributed by atoms with Gasteiger partial charge in [-0.1, -0.05) is 63.3 Å². The highest BCUT2D eigenvalue weighted by Gasteiger charge is 2.16. The van der Waals surface area contributed by atoms with Crippen molar-refractivity contribution in [2.24, 2.45) is 5.92 Å². The molecule has 0 aliphatic rings. The summed E-state index contributed by atoms with van der Waals surface area (Å²) < 4.78 is 0. The van der Waals surface area contributed by atoms with E-state index in [-0.39, 0.29) is 12.5 Å². The first-order valence-electron chi connectivity index (χ1n) is 7.07. The molecule has 0 radical (unpaired) electrons. The van der Waals surface area contributed by atoms with Gasteiger partial charge >= 0.3 is 0 Å². The third-order valence-electron chi connectivity index (χ3n) is 3.70. The summed E-state index contributed by atoms with van der Waals surface area (Å²) in [6.07, 6.45) is 6.05. The van der Waals surface area contributed by atoms with Gasteiger partial charge in [0.25, 0.3) is 0 Å². The first kappa shape index (κ1) is 15.5. The van der Waals surface area contributed by atoms with Crippen LogP contribution in [0.1, 0.15) is 57.4 Å². The van der Waals surface area contributed by atoms with Gasteiger partial charge in [-0.2, -0.15) is 0 Å². The highest BCUT2D eigenvalue weighted by atomic mass is 35.5. The van der Waals surface area contributed by atoms with Crippen LogP contribution >= 0.6 is 11.6 Å². The van der Waals surface area contributed by atoms with Crippen LogP contribution in [0.25, 0.3) is 0 Å². The minimum atomic E-state index is 0.211. The first-order valence-corrected chi connectivity index (χ1v) is 7.45. The van der Waals surface area contributed by atoms with Crippen molar-refractivity contribution in [1.29, 1.82) is 0 Å². The zero-order valence-corrected chi connectivity index (χ0v) is 12.3. The van der Waals surface area contributed by atoms with Gasteiger partial charge in [0.2, 0.25) is 0 Å². The number of rotatable bonds is 8. The Labute approximate surface area is 116 Å². The van der Waals surface area contributed by atoms with Crippen LogP contribution in [0.3, 0.4) is 0 Å². The standard InChI is InChI=1S/C16H25ClO/c1-3-5-7-13(4-2)10-15(12-18)14-8-6-9-16(17)11-14/h6,8-9,11,13,15,18H,3-5,7,10,12H2,1-2H3. The second kappa shape index (κ2) is 8.55. The topological polar surface area (TPSA) is 20.2 Å². The molecular formula is C16H25ClO. The molecule has 0 fully saturated rings. The number of halogens is 1. The molecule has 1 aromatic carbocycles. The van der Waals surface area contributed by atoms with Gasteiger partial charge in [0.1, 0.15) is 0 Å². The molecule has 102 valence electrons. The van der Waals surface area contributed by atoms with E-state index in [1.165, 1.54) is 31.2 Å². The monoisotopic (exact) mass is 268 g/mol. The number of hydrogen-bond donors (Lipinski definition) is 1. The Bertz CT molecular complexity index is 338. The summed E-state index contributed by atoms with van der Waals surface area (Å²) in [5, 5.41) is 10.4. The zero-order chi connectivity index (χ0) is 13.4. The van der Waals surface area contributed by atoms with Crippen molar-refractivity contribution in [2.45, 2.75) is 51.9 Å². The van der Waals surface area contributed by atoms with Gasteiger partial charge in [-0.25, -0.2) is 0 Å². The molecule has 1 aromatic rings. The molecule has 0 aromatic heterocycles. The number of aliphatic hydroxyl groups excluding tert-OH is 1. The maximum Gasteiger partial charge on any atom is 0.0499 e. The molecule has 0 spiro atoms. The van der Waals surface area contributed by atoms with Gasteiger partial charge in [0.05, 0.1) is 0 Å². The van der Waals surface area contributed by atoms with E-state index in [1.54, 1.807) is 0 Å². The van der Waals surface area contributed by atoms with Crippen LogP contribution in [0.4, 0.5) is 0 Å². The van der Waals surface area contributed by atoms with E-state index in [2.05, 4.69) is 19.9 Å². The van der Waals surface area contributed by atoms with Gasteiger partial charge in [-0.3, -0.25) is 0 Å². The Morgan fingerprint density at radius 1 is 1.28 bits per heavy atom. The minimum absolute atomic E-state index is 0.211. The summed E-state index contributed by atoms with van der Waals surface area (Å²) in [4.78, 5) is 0. The number of aliphatic hydroxyl groups is 1. The second-order valence-corrected chi connectivity index (χ2v) is 5.52. The molecule has 0 bridgehead atoms. The minimum Gasteiger partial charge on any atom is -0.396 e. The molecular weight excluding hydrogens is 244 g/mol. The fraction of sp³-hybridized carbons (Fsp3) is 0.625. The van der Waals surface area contributed by atoms with Crippen molar-refractivity contribution in [3.05, 3.63) is 34.9 Å². The Hall–Kier alpha value is -0.530. The van der Waals surface area contributed by atoms with Crippen molar-refractivity contribution in [3.63, 3.8) is 0 Å². The molecule has 0 saturated carbocycles. The van der Waals surface area contributed by atoms with Crippen molar-refractivity contribution in [2.75, 3.05) is 6.61 Å². The van der Waals surface area contributed by atoms with E-state index in [1.807, 2.05) is 18.2 Å². The van der Waals surface area contributed by atoms with Gasteiger partial charge in [-0.15, -0.1) is 0 Å². The molecule has 1 N–H and O–H groups in total. The van der Waals surface area contributed by atoms with E-state index in [0.29, 0.717) is 5.92 Å². The Kier molecular flexibility index (Phi) is 7.38. The molecule has 2 heteroatoms. The second-order valence-electron chi connectivity index (χ2n) is 5.09. The Morgan fingerprint density at radius 2 is 2.06 bits per heavy atom. The summed E-state index contributed by atoms with van der Waals surface area (Å²) >= 11 is 6.02. The summed E-state index contributed by atoms with van der Waals surface area (Å²) in [5.74, 6) is 0.937. The Balaban J connectivity index is 2.65. The molecule has 1 nitrogen and oxygen atoms in total. The summed E-state index contributed by atoms with van der Waals surface area (Å²) in [6.45, 7) is 4.68. The molecule has 0 saturated heterocycles. The normalized spacial score (nSPS) is 14.4. The van der Waals surface area contributed by atoms with Crippen LogP contribution in [0, 0.1) is 5.92 Å². The van der Waals surface area contributed by atoms with Gasteiger partial charge in [-0.05, 0) is 30.0 Å². The first-order chi connectivity index (χ1) is 8.71. The smallest absolute Gasteiger partial charge is 0.0499 e. The molecule has 1 rings (SSSR count). The van der Waals surface area contributed by atoms with Crippen LogP contribution < -0.4 is 0 Å². The third kappa shape index (κ3) is 4.99. The number of hydrogen-bond acceptors (Lipinski definition) is 1. The summed E-state index contributed by atoms with van der Waals surface area (Å²) in [5.41, 5.74) is 1.17. The van der Waals surface area contributed by atoms with E-state index < -0.39 is 0 Å². The predicted molar refractivity (Wildman–Crippen MR) is 79.2 cm³/mol. The van der Waals surface area contributed by atoms with Crippen LogP contribution in [0.2, 0.25) is 5.02 Å². The van der Waals surface area contributed by atoms with Crippen molar-refractivity contribution in [1.82, 2.24) is 0 Å². The van der Waals surface area contributed by atoms with Gasteiger partial charge in [0, 0.05) is 17.5 Å². The summed E-state index contributed by atoms with van der Waals surface area (Å²) in [7, 11) is 0. The average molecular weight is 269 g/mol. The van der Waals surface area contributed by atoms with E-state index in [0.717, 1.165) is 11.4 Å². The van der Waals surface area contributed by atoms with Crippen LogP contribution in [-0.4, -0.2) is 11.7 Å². The van der Waals surface area contributed by atoms with Crippen molar-refractivity contribution >= 4 is 11.6 Å². The van der Waals surface area contributed by atoms with Crippen LogP contribution in [0.5, 0.6) is 0 Å². The molecule has 0 aliphatic carbocycles. The fourth-order valence-corrected chi connectivity index (χ4v) is 2.66. The molecule has 0 aliphatic heterocycles. The van der Waals surface area contributed by atoms with Crippen LogP contribution in [0.15, 0.2) is 24.3 Å². The van der Waals surface area contributed by atoms with Crippen molar-refractivity contribution < 1.29 is 5.11 Å². The SMILES string of the molecule is CCCCC(CC)CC(CO)c1cccc(Cl)c1. The van der Waals surface area contributed by atoms with E-state index in [4.69, 9.17) is 11.6 Å². The lowest BCUT2D eigenvalue weighted by Crippen LogP contribution is -2.11. The lowest BCUT2D eigenvalue weighted by atomic mass is 9.85. The molecule has 2 atom stereocenters. The largest absolute Gasteiger partial charge is 0.396 e. The lowest BCUT2D eigenvalue weighted by Gasteiger charge is -2.21. The van der Waals surface area contributed by atoms with E-state index >= 15 is 0 Å². The molecule has 0 amide bonds. The predicted octanol–water partition coefficient (Wildman–Crippen LogP) is 5.02. The average Bonchev–Trinajstić information content (AvgIpc) is 2.39. The van der Waals surface area contributed by atoms with Crippen LogP contribution in [-0.2, 0) is 0 Å². The third-order valence-corrected chi connectivity index (χ3v) is 3.94. The zero-order valence-electron chi connectivity index (χ0n) is 11.5. The Morgan fingerprint density at radius 3 is 2.61 bits per heavy atom. The molecule has 0 heterocycles. The highest BCUT2D eigenvalue weighted by Crippen LogP contribution is 2.29. The molecule has 2 unspecified atom stereocenters. The maximum atomic E-state index is 9.60. The van der Waals surface area contributed by atoms with Gasteiger partial charge < -0.3 is 5.11 Å². The summed E-state index contributed by atoms with van der Waals surface area (Å²) in [6, 6.07) is 7.90. The molecule has 18 heavy (non-hydrogen) atoms. The van der Waals surface area contributed by atoms with E-state index in [9.17, 15) is 5.11 Å². The maximum absolute atomic E-state index is 9.60. The van der Waals surface area contributed by atoms with Gasteiger partial charge in [0.15, 0.2) is 0 Å².